The Morgan fingerprint density at radius 2 is 2.05 bits per heavy atom. The van der Waals surface area contributed by atoms with Crippen LogP contribution < -0.4 is 5.32 Å². The zero-order valence-electron chi connectivity index (χ0n) is 14.0. The van der Waals surface area contributed by atoms with Crippen LogP contribution in [0.15, 0.2) is 0 Å². The van der Waals surface area contributed by atoms with Crippen molar-refractivity contribution in [2.45, 2.75) is 65.0 Å². The molecule has 3 nitrogen and oxygen atoms in total. The molecule has 0 aliphatic carbocycles. The third-order valence-electron chi connectivity index (χ3n) is 5.63. The maximum Gasteiger partial charge on any atom is 0.0495 e. The summed E-state index contributed by atoms with van der Waals surface area (Å²) < 4.78 is 5.52. The Balaban J connectivity index is 1.94. The summed E-state index contributed by atoms with van der Waals surface area (Å²) in [5.41, 5.74) is 0.345. The van der Waals surface area contributed by atoms with E-state index in [0.29, 0.717) is 11.6 Å². The lowest BCUT2D eigenvalue weighted by molar-refractivity contribution is 0.0455. The van der Waals surface area contributed by atoms with Gasteiger partial charge in [-0.05, 0) is 44.1 Å². The molecule has 0 aromatic rings. The van der Waals surface area contributed by atoms with Gasteiger partial charge in [0.2, 0.25) is 0 Å². The first-order chi connectivity index (χ1) is 9.60. The van der Waals surface area contributed by atoms with Crippen molar-refractivity contribution in [1.82, 2.24) is 10.2 Å². The lowest BCUT2D eigenvalue weighted by Gasteiger charge is -2.49. The smallest absolute Gasteiger partial charge is 0.0495 e. The van der Waals surface area contributed by atoms with Crippen molar-refractivity contribution in [3.63, 3.8) is 0 Å². The monoisotopic (exact) mass is 282 g/mol. The van der Waals surface area contributed by atoms with Crippen LogP contribution in [0.4, 0.5) is 0 Å². The second-order valence-electron chi connectivity index (χ2n) is 7.17. The molecule has 2 aliphatic rings. The van der Waals surface area contributed by atoms with E-state index in [9.17, 15) is 0 Å². The Hall–Kier alpha value is -0.120. The van der Waals surface area contributed by atoms with Crippen LogP contribution in [-0.2, 0) is 4.74 Å². The molecule has 20 heavy (non-hydrogen) atoms. The van der Waals surface area contributed by atoms with Gasteiger partial charge in [-0.3, -0.25) is 4.90 Å². The van der Waals surface area contributed by atoms with E-state index < -0.39 is 0 Å². The quantitative estimate of drug-likeness (QED) is 0.811. The van der Waals surface area contributed by atoms with Crippen LogP contribution in [0, 0.1) is 11.8 Å². The Labute approximate surface area is 125 Å². The molecular weight excluding hydrogens is 248 g/mol. The van der Waals surface area contributed by atoms with Gasteiger partial charge >= 0.3 is 0 Å². The third-order valence-corrected chi connectivity index (χ3v) is 5.63. The average molecular weight is 282 g/mol. The van der Waals surface area contributed by atoms with E-state index >= 15 is 0 Å². The minimum atomic E-state index is 0.345. The van der Waals surface area contributed by atoms with Gasteiger partial charge in [0.05, 0.1) is 0 Å². The van der Waals surface area contributed by atoms with E-state index in [4.69, 9.17) is 4.74 Å². The molecule has 0 saturated carbocycles. The maximum atomic E-state index is 5.52. The molecule has 2 heterocycles. The predicted octanol–water partition coefficient (Wildman–Crippen LogP) is 2.90. The van der Waals surface area contributed by atoms with E-state index in [0.717, 1.165) is 31.6 Å². The molecule has 118 valence electrons. The van der Waals surface area contributed by atoms with Gasteiger partial charge in [-0.1, -0.05) is 27.7 Å². The van der Waals surface area contributed by atoms with Gasteiger partial charge in [0.1, 0.15) is 0 Å². The molecule has 2 atom stereocenters. The zero-order valence-corrected chi connectivity index (χ0v) is 14.0. The van der Waals surface area contributed by atoms with Gasteiger partial charge < -0.3 is 10.1 Å². The molecule has 0 aromatic heterocycles. The van der Waals surface area contributed by atoms with Crippen LogP contribution >= 0.6 is 0 Å². The minimum Gasteiger partial charge on any atom is -0.381 e. The zero-order chi connectivity index (χ0) is 14.6. The number of rotatable bonds is 6. The molecule has 0 radical (unpaired) electrons. The highest BCUT2D eigenvalue weighted by atomic mass is 16.5. The standard InChI is InChI=1S/C17H34N2O/c1-5-17(6-2)13-19(16(11-18-17)14(3)4)9-7-15-8-10-20-12-15/h14-16,18H,5-13H2,1-4H3. The third kappa shape index (κ3) is 3.75. The van der Waals surface area contributed by atoms with Crippen LogP contribution in [-0.4, -0.2) is 49.3 Å². The molecule has 2 saturated heterocycles. The van der Waals surface area contributed by atoms with Crippen LogP contribution in [0.3, 0.4) is 0 Å². The molecule has 2 rings (SSSR count). The van der Waals surface area contributed by atoms with E-state index in [2.05, 4.69) is 37.9 Å². The summed E-state index contributed by atoms with van der Waals surface area (Å²) in [6, 6.07) is 0.698. The van der Waals surface area contributed by atoms with Crippen molar-refractivity contribution < 1.29 is 4.74 Å². The number of nitrogens with one attached hydrogen (secondary N) is 1. The molecule has 2 fully saturated rings. The van der Waals surface area contributed by atoms with Gasteiger partial charge in [-0.2, -0.15) is 0 Å². The summed E-state index contributed by atoms with van der Waals surface area (Å²) in [6.45, 7) is 15.0. The van der Waals surface area contributed by atoms with Crippen molar-refractivity contribution in [1.29, 1.82) is 0 Å². The van der Waals surface area contributed by atoms with Gasteiger partial charge in [-0.15, -0.1) is 0 Å². The van der Waals surface area contributed by atoms with Gasteiger partial charge in [-0.25, -0.2) is 0 Å². The van der Waals surface area contributed by atoms with Gasteiger partial charge in [0, 0.05) is 37.9 Å². The summed E-state index contributed by atoms with van der Waals surface area (Å²) in [5.74, 6) is 1.53. The normalized spacial score (nSPS) is 31.1. The first kappa shape index (κ1) is 16.3. The molecule has 0 bridgehead atoms. The molecule has 2 aliphatic heterocycles. The number of hydrogen-bond donors (Lipinski definition) is 1. The molecule has 0 spiro atoms. The van der Waals surface area contributed by atoms with Crippen molar-refractivity contribution >= 4 is 0 Å². The van der Waals surface area contributed by atoms with E-state index in [1.54, 1.807) is 0 Å². The van der Waals surface area contributed by atoms with Crippen LogP contribution in [0.25, 0.3) is 0 Å². The van der Waals surface area contributed by atoms with Crippen molar-refractivity contribution in [2.24, 2.45) is 11.8 Å². The predicted molar refractivity (Wildman–Crippen MR) is 85.1 cm³/mol. The fourth-order valence-corrected chi connectivity index (χ4v) is 3.80. The first-order valence-corrected chi connectivity index (χ1v) is 8.67. The number of hydrogen-bond acceptors (Lipinski definition) is 3. The van der Waals surface area contributed by atoms with Crippen LogP contribution in [0.1, 0.15) is 53.4 Å². The summed E-state index contributed by atoms with van der Waals surface area (Å²) in [6.07, 6.45) is 5.05. The van der Waals surface area contributed by atoms with Gasteiger partial charge in [0.25, 0.3) is 0 Å². The SMILES string of the molecule is CCC1(CC)CN(CCC2CCOC2)C(C(C)C)CN1. The van der Waals surface area contributed by atoms with Crippen LogP contribution in [0.2, 0.25) is 0 Å². The number of ether oxygens (including phenoxy) is 1. The summed E-state index contributed by atoms with van der Waals surface area (Å²) in [4.78, 5) is 2.77. The van der Waals surface area contributed by atoms with E-state index in [1.165, 1.54) is 38.8 Å². The van der Waals surface area contributed by atoms with Gasteiger partial charge in [0.15, 0.2) is 0 Å². The molecule has 2 unspecified atom stereocenters. The Bertz CT molecular complexity index is 283. The topological polar surface area (TPSA) is 24.5 Å². The van der Waals surface area contributed by atoms with Crippen molar-refractivity contribution in [3.05, 3.63) is 0 Å². The molecule has 0 amide bonds. The van der Waals surface area contributed by atoms with E-state index in [1.807, 2.05) is 0 Å². The molecule has 3 heteroatoms. The summed E-state index contributed by atoms with van der Waals surface area (Å²) in [7, 11) is 0. The molecule has 0 aromatic carbocycles. The highest BCUT2D eigenvalue weighted by Crippen LogP contribution is 2.27. The average Bonchev–Trinajstić information content (AvgIpc) is 2.97. The Kier molecular flexibility index (Phi) is 5.88. The molecular formula is C17H34N2O. The maximum absolute atomic E-state index is 5.52. The first-order valence-electron chi connectivity index (χ1n) is 8.67. The van der Waals surface area contributed by atoms with Crippen molar-refractivity contribution in [2.75, 3.05) is 32.8 Å². The summed E-state index contributed by atoms with van der Waals surface area (Å²) in [5, 5.41) is 3.85. The van der Waals surface area contributed by atoms with E-state index in [-0.39, 0.29) is 0 Å². The van der Waals surface area contributed by atoms with Crippen molar-refractivity contribution in [3.8, 4) is 0 Å². The second kappa shape index (κ2) is 7.24. The minimum absolute atomic E-state index is 0.345. The van der Waals surface area contributed by atoms with Crippen LogP contribution in [0.5, 0.6) is 0 Å². The second-order valence-corrected chi connectivity index (χ2v) is 7.17. The highest BCUT2D eigenvalue weighted by molar-refractivity contribution is 4.97. The number of nitrogens with zero attached hydrogens (tertiary/aromatic N) is 1. The molecule has 1 N–H and O–H groups in total. The Morgan fingerprint density at radius 3 is 2.60 bits per heavy atom. The number of piperazine rings is 1. The lowest BCUT2D eigenvalue weighted by atomic mass is 9.86. The summed E-state index contributed by atoms with van der Waals surface area (Å²) >= 11 is 0. The largest absolute Gasteiger partial charge is 0.381 e. The Morgan fingerprint density at radius 1 is 1.30 bits per heavy atom. The fraction of sp³-hybridized carbons (Fsp3) is 1.00. The highest BCUT2D eigenvalue weighted by Gasteiger charge is 2.37. The lowest BCUT2D eigenvalue weighted by Crippen LogP contribution is -2.65. The fourth-order valence-electron chi connectivity index (χ4n) is 3.80.